The molecule has 0 saturated heterocycles. The lowest BCUT2D eigenvalue weighted by atomic mass is 10.2. The van der Waals surface area contributed by atoms with E-state index in [-0.39, 0.29) is 17.9 Å². The molecular formula is C17H20NO7P. The van der Waals surface area contributed by atoms with Crippen LogP contribution in [-0.4, -0.2) is 32.6 Å². The van der Waals surface area contributed by atoms with Crippen LogP contribution in [0.2, 0.25) is 0 Å². The van der Waals surface area contributed by atoms with E-state index in [1.807, 2.05) is 0 Å². The molecular weight excluding hydrogens is 361 g/mol. The molecule has 0 aliphatic carbocycles. The molecule has 0 aliphatic rings. The molecule has 0 saturated carbocycles. The topological polar surface area (TPSA) is 125 Å². The Bertz CT molecular complexity index is 722. The summed E-state index contributed by atoms with van der Waals surface area (Å²) in [5, 5.41) is 11.7. The van der Waals surface area contributed by atoms with Crippen molar-refractivity contribution in [3.63, 3.8) is 0 Å². The minimum atomic E-state index is -5.16. The van der Waals surface area contributed by atoms with E-state index in [1.54, 1.807) is 43.3 Å². The highest BCUT2D eigenvalue weighted by Gasteiger charge is 2.55. The lowest BCUT2D eigenvalue weighted by Crippen LogP contribution is -2.60. The van der Waals surface area contributed by atoms with E-state index in [0.717, 1.165) is 0 Å². The van der Waals surface area contributed by atoms with Gasteiger partial charge in [0.1, 0.15) is 17.5 Å². The summed E-state index contributed by atoms with van der Waals surface area (Å²) in [5.74, 6) is -1.10. The largest absolute Gasteiger partial charge is 0.480 e. The van der Waals surface area contributed by atoms with E-state index in [0.29, 0.717) is 0 Å². The summed E-state index contributed by atoms with van der Waals surface area (Å²) >= 11 is 0. The van der Waals surface area contributed by atoms with Crippen molar-refractivity contribution in [1.29, 1.82) is 0 Å². The quantitative estimate of drug-likeness (QED) is 0.385. The SMILES string of the molecule is CCC(NC(Oc1ccccc1)(Oc1ccccc1)P(=O)(O)O)C(=O)O. The van der Waals surface area contributed by atoms with Crippen molar-refractivity contribution in [3.8, 4) is 11.5 Å². The number of carbonyl (C=O) groups is 1. The molecule has 4 N–H and O–H groups in total. The first-order valence-electron chi connectivity index (χ1n) is 7.81. The monoisotopic (exact) mass is 381 g/mol. The lowest BCUT2D eigenvalue weighted by molar-refractivity contribution is -0.146. The van der Waals surface area contributed by atoms with Crippen molar-refractivity contribution in [1.82, 2.24) is 5.32 Å². The summed E-state index contributed by atoms with van der Waals surface area (Å²) in [4.78, 5) is 31.4. The van der Waals surface area contributed by atoms with Crippen molar-refractivity contribution in [3.05, 3.63) is 60.7 Å². The third-order valence-electron chi connectivity index (χ3n) is 3.45. The molecule has 0 radical (unpaired) electrons. The second kappa shape index (κ2) is 8.33. The number of nitrogens with one attached hydrogen (secondary N) is 1. The molecule has 0 bridgehead atoms. The molecule has 0 fully saturated rings. The van der Waals surface area contributed by atoms with E-state index in [1.165, 1.54) is 24.3 Å². The highest BCUT2D eigenvalue weighted by atomic mass is 31.2. The summed E-state index contributed by atoms with van der Waals surface area (Å²) < 4.78 is 23.3. The zero-order valence-electron chi connectivity index (χ0n) is 14.0. The molecule has 1 atom stereocenters. The number of benzene rings is 2. The summed E-state index contributed by atoms with van der Waals surface area (Å²) in [6.07, 6.45) is 0.0490. The van der Waals surface area contributed by atoms with Crippen LogP contribution in [0, 0.1) is 0 Å². The van der Waals surface area contributed by atoms with Gasteiger partial charge in [-0.3, -0.25) is 4.79 Å². The van der Waals surface area contributed by atoms with Gasteiger partial charge in [-0.15, -0.1) is 0 Å². The van der Waals surface area contributed by atoms with Gasteiger partial charge in [-0.1, -0.05) is 43.3 Å². The van der Waals surface area contributed by atoms with E-state index >= 15 is 0 Å². The molecule has 0 spiro atoms. The number of hydrogen-bond donors (Lipinski definition) is 4. The average molecular weight is 381 g/mol. The third kappa shape index (κ3) is 4.83. The fourth-order valence-electron chi connectivity index (χ4n) is 2.14. The molecule has 26 heavy (non-hydrogen) atoms. The fourth-order valence-corrected chi connectivity index (χ4v) is 2.91. The van der Waals surface area contributed by atoms with Gasteiger partial charge in [0.05, 0.1) is 0 Å². The van der Waals surface area contributed by atoms with Gasteiger partial charge >= 0.3 is 19.2 Å². The number of ether oxygens (including phenoxy) is 2. The molecule has 2 rings (SSSR count). The number of hydrogen-bond acceptors (Lipinski definition) is 5. The molecule has 0 aromatic heterocycles. The summed E-state index contributed by atoms with van der Waals surface area (Å²) in [5.41, 5.74) is -2.71. The van der Waals surface area contributed by atoms with Gasteiger partial charge in [-0.2, -0.15) is 0 Å². The molecule has 9 heteroatoms. The van der Waals surface area contributed by atoms with E-state index in [9.17, 15) is 24.3 Å². The van der Waals surface area contributed by atoms with E-state index < -0.39 is 25.3 Å². The Morgan fingerprint density at radius 1 is 1.04 bits per heavy atom. The summed E-state index contributed by atoms with van der Waals surface area (Å²) in [6, 6.07) is 14.4. The van der Waals surface area contributed by atoms with Crippen LogP contribution in [-0.2, 0) is 9.36 Å². The average Bonchev–Trinajstić information content (AvgIpc) is 2.60. The third-order valence-corrected chi connectivity index (χ3v) is 4.52. The van der Waals surface area contributed by atoms with Gasteiger partial charge in [0.15, 0.2) is 0 Å². The van der Waals surface area contributed by atoms with Crippen molar-refractivity contribution < 1.29 is 33.7 Å². The highest BCUT2D eigenvalue weighted by molar-refractivity contribution is 7.53. The van der Waals surface area contributed by atoms with Crippen molar-refractivity contribution >= 4 is 13.6 Å². The van der Waals surface area contributed by atoms with Gasteiger partial charge in [-0.05, 0) is 30.7 Å². The van der Waals surface area contributed by atoms with Gasteiger partial charge in [-0.25, -0.2) is 9.88 Å². The second-order valence-electron chi connectivity index (χ2n) is 5.40. The highest BCUT2D eigenvalue weighted by Crippen LogP contribution is 2.50. The van der Waals surface area contributed by atoms with Crippen LogP contribution in [0.25, 0.3) is 0 Å². The Morgan fingerprint density at radius 3 is 1.77 bits per heavy atom. The Kier molecular flexibility index (Phi) is 6.39. The molecule has 0 aliphatic heterocycles. The molecule has 0 heterocycles. The van der Waals surface area contributed by atoms with Crippen LogP contribution in [0.4, 0.5) is 0 Å². The van der Waals surface area contributed by atoms with Crippen molar-refractivity contribution in [2.75, 3.05) is 0 Å². The van der Waals surface area contributed by atoms with Crippen molar-refractivity contribution in [2.45, 2.75) is 25.0 Å². The minimum Gasteiger partial charge on any atom is -0.480 e. The number of rotatable bonds is 9. The normalized spacial score (nSPS) is 13.0. The molecule has 2 aromatic rings. The Labute approximate surface area is 150 Å². The Balaban J connectivity index is 2.50. The van der Waals surface area contributed by atoms with E-state index in [4.69, 9.17) is 9.47 Å². The molecule has 8 nitrogen and oxygen atoms in total. The van der Waals surface area contributed by atoms with Crippen LogP contribution in [0.1, 0.15) is 13.3 Å². The lowest BCUT2D eigenvalue weighted by Gasteiger charge is -2.36. The van der Waals surface area contributed by atoms with Gasteiger partial charge in [0.2, 0.25) is 0 Å². The standard InChI is InChI=1S/C17H20NO7P/c1-2-15(16(19)20)18-17(26(21,22)23,24-13-9-5-3-6-10-13)25-14-11-7-4-8-12-14/h3-12,15,18H,2H2,1H3,(H,19,20)(H2,21,22,23). The maximum Gasteiger partial charge on any atom is 0.428 e. The first-order chi connectivity index (χ1) is 12.3. The Morgan fingerprint density at radius 2 is 1.46 bits per heavy atom. The Hall–Kier alpha value is -2.38. The van der Waals surface area contributed by atoms with Gasteiger partial charge in [0.25, 0.3) is 0 Å². The maximum atomic E-state index is 12.3. The summed E-state index contributed by atoms with van der Waals surface area (Å²) in [6.45, 7) is 1.56. The molecule has 0 amide bonds. The molecule has 140 valence electrons. The predicted octanol–water partition coefficient (Wildman–Crippen LogP) is 2.39. The molecule has 1 unspecified atom stereocenters. The smallest absolute Gasteiger partial charge is 0.428 e. The second-order valence-corrected chi connectivity index (χ2v) is 7.08. The fraction of sp³-hybridized carbons (Fsp3) is 0.235. The minimum absolute atomic E-state index is 0.0490. The van der Waals surface area contributed by atoms with E-state index in [2.05, 4.69) is 5.32 Å². The number of para-hydroxylation sites is 2. The number of aliphatic carboxylic acids is 1. The first kappa shape index (κ1) is 19.9. The van der Waals surface area contributed by atoms with Gasteiger partial charge < -0.3 is 24.4 Å². The van der Waals surface area contributed by atoms with Crippen LogP contribution in [0.5, 0.6) is 11.5 Å². The zero-order chi connectivity index (χ0) is 19.2. The predicted molar refractivity (Wildman–Crippen MR) is 93.8 cm³/mol. The van der Waals surface area contributed by atoms with Gasteiger partial charge in [0, 0.05) is 0 Å². The molecule has 2 aromatic carbocycles. The number of carboxylic acids is 1. The summed E-state index contributed by atoms with van der Waals surface area (Å²) in [7, 11) is -5.16. The first-order valence-corrected chi connectivity index (χ1v) is 9.43. The van der Waals surface area contributed by atoms with Crippen molar-refractivity contribution in [2.24, 2.45) is 0 Å². The zero-order valence-corrected chi connectivity index (χ0v) is 14.9. The van der Waals surface area contributed by atoms with Crippen LogP contribution >= 0.6 is 7.60 Å². The number of carboxylic acid groups (broad SMARTS) is 1. The van der Waals surface area contributed by atoms with Crippen LogP contribution in [0.3, 0.4) is 0 Å². The maximum absolute atomic E-state index is 12.3. The van der Waals surface area contributed by atoms with Crippen LogP contribution < -0.4 is 14.8 Å². The van der Waals surface area contributed by atoms with Crippen LogP contribution in [0.15, 0.2) is 60.7 Å².